The second-order valence-corrected chi connectivity index (χ2v) is 12.3. The second-order valence-electron chi connectivity index (χ2n) is 12.3. The van der Waals surface area contributed by atoms with Crippen LogP contribution in [0.25, 0.3) is 11.1 Å². The predicted molar refractivity (Wildman–Crippen MR) is 216 cm³/mol. The lowest BCUT2D eigenvalue weighted by Gasteiger charge is -2.28. The van der Waals surface area contributed by atoms with Gasteiger partial charge in [0, 0.05) is 51.2 Å². The Balaban J connectivity index is 1.09. The average Bonchev–Trinajstić information content (AvgIpc) is 3.21. The first-order valence-electron chi connectivity index (χ1n) is 17.3. The van der Waals surface area contributed by atoms with Gasteiger partial charge in [0.15, 0.2) is 0 Å². The normalized spacial score (nSPS) is 10.7. The summed E-state index contributed by atoms with van der Waals surface area (Å²) in [6.45, 7) is 0. The van der Waals surface area contributed by atoms with Gasteiger partial charge in [0.2, 0.25) is 0 Å². The standard InChI is InChI=1S/C48H37N3/c1-6-16-40(17-7-1)49(41-18-8-2-9-19-41)45-30-26-38(27-31-45)39-28-32-46(33-29-39)51(44-24-14-5-15-25-44)48-36-34-47(35-37-48)50(42-20-10-3-11-21-42)43-22-12-4-13-23-43/h1-37H. The van der Waals surface area contributed by atoms with E-state index in [0.717, 1.165) is 51.2 Å². The molecule has 8 aromatic carbocycles. The van der Waals surface area contributed by atoms with Gasteiger partial charge in [-0.2, -0.15) is 0 Å². The molecule has 0 aliphatic heterocycles. The SMILES string of the molecule is c1ccc(N(c2ccccc2)c2ccc(-c3ccc(N(c4ccccc4)c4ccc(N(c5ccccc5)c5ccccc5)cc4)cc3)cc2)cc1. The summed E-state index contributed by atoms with van der Waals surface area (Å²) in [5, 5.41) is 0. The molecule has 0 aromatic heterocycles. The molecule has 3 nitrogen and oxygen atoms in total. The van der Waals surface area contributed by atoms with Crippen LogP contribution in [0.2, 0.25) is 0 Å². The summed E-state index contributed by atoms with van der Waals surface area (Å²) in [5.41, 5.74) is 12.3. The summed E-state index contributed by atoms with van der Waals surface area (Å²) in [6, 6.07) is 79.1. The Morgan fingerprint density at radius 2 is 0.314 bits per heavy atom. The fourth-order valence-electron chi connectivity index (χ4n) is 6.58. The minimum absolute atomic E-state index is 1.09. The molecule has 8 rings (SSSR count). The summed E-state index contributed by atoms with van der Waals surface area (Å²) in [7, 11) is 0. The molecule has 0 spiro atoms. The number of hydrogen-bond donors (Lipinski definition) is 0. The van der Waals surface area contributed by atoms with Crippen molar-refractivity contribution >= 4 is 51.2 Å². The van der Waals surface area contributed by atoms with Crippen molar-refractivity contribution in [2.75, 3.05) is 14.7 Å². The average molecular weight is 656 g/mol. The maximum absolute atomic E-state index is 2.31. The maximum atomic E-state index is 2.31. The molecule has 3 heteroatoms. The van der Waals surface area contributed by atoms with E-state index in [1.54, 1.807) is 0 Å². The van der Waals surface area contributed by atoms with Crippen LogP contribution in [0.15, 0.2) is 224 Å². The van der Waals surface area contributed by atoms with Gasteiger partial charge in [-0.05, 0) is 120 Å². The fourth-order valence-corrected chi connectivity index (χ4v) is 6.58. The summed E-state index contributed by atoms with van der Waals surface area (Å²) in [6.07, 6.45) is 0. The van der Waals surface area contributed by atoms with E-state index in [4.69, 9.17) is 0 Å². The van der Waals surface area contributed by atoms with E-state index >= 15 is 0 Å². The molecule has 0 bridgehead atoms. The van der Waals surface area contributed by atoms with Crippen molar-refractivity contribution in [3.05, 3.63) is 224 Å². The highest BCUT2D eigenvalue weighted by molar-refractivity contribution is 5.83. The van der Waals surface area contributed by atoms with E-state index < -0.39 is 0 Å². The van der Waals surface area contributed by atoms with Gasteiger partial charge >= 0.3 is 0 Å². The molecule has 0 unspecified atom stereocenters. The minimum Gasteiger partial charge on any atom is -0.311 e. The van der Waals surface area contributed by atoms with Crippen molar-refractivity contribution in [2.24, 2.45) is 0 Å². The van der Waals surface area contributed by atoms with Gasteiger partial charge < -0.3 is 14.7 Å². The van der Waals surface area contributed by atoms with E-state index in [2.05, 4.69) is 239 Å². The molecule has 8 aromatic rings. The zero-order valence-electron chi connectivity index (χ0n) is 28.2. The number of rotatable bonds is 10. The first-order valence-corrected chi connectivity index (χ1v) is 17.3. The lowest BCUT2D eigenvalue weighted by molar-refractivity contribution is 1.26. The van der Waals surface area contributed by atoms with Crippen molar-refractivity contribution in [3.63, 3.8) is 0 Å². The van der Waals surface area contributed by atoms with Crippen molar-refractivity contribution in [1.29, 1.82) is 0 Å². The van der Waals surface area contributed by atoms with Crippen LogP contribution in [0.4, 0.5) is 51.2 Å². The summed E-state index contributed by atoms with van der Waals surface area (Å²) in [5.74, 6) is 0. The van der Waals surface area contributed by atoms with Crippen LogP contribution in [0.3, 0.4) is 0 Å². The van der Waals surface area contributed by atoms with Gasteiger partial charge in [-0.1, -0.05) is 115 Å². The molecule has 0 aliphatic carbocycles. The topological polar surface area (TPSA) is 9.72 Å². The molecule has 0 saturated heterocycles. The molecule has 0 heterocycles. The molecule has 244 valence electrons. The van der Waals surface area contributed by atoms with Crippen LogP contribution >= 0.6 is 0 Å². The first kappa shape index (κ1) is 31.4. The minimum atomic E-state index is 1.09. The Morgan fingerprint density at radius 3 is 0.510 bits per heavy atom. The third-order valence-corrected chi connectivity index (χ3v) is 9.02. The van der Waals surface area contributed by atoms with Gasteiger partial charge in [-0.15, -0.1) is 0 Å². The summed E-state index contributed by atoms with van der Waals surface area (Å²) >= 11 is 0. The Labute approximate surface area is 300 Å². The Morgan fingerprint density at radius 1 is 0.157 bits per heavy atom. The zero-order valence-corrected chi connectivity index (χ0v) is 28.2. The van der Waals surface area contributed by atoms with Crippen molar-refractivity contribution in [2.45, 2.75) is 0 Å². The Bertz CT molecular complexity index is 2180. The highest BCUT2D eigenvalue weighted by Crippen LogP contribution is 2.40. The quantitative estimate of drug-likeness (QED) is 0.145. The van der Waals surface area contributed by atoms with E-state index in [1.807, 2.05) is 0 Å². The molecular weight excluding hydrogens is 619 g/mol. The molecule has 0 saturated carbocycles. The van der Waals surface area contributed by atoms with Crippen molar-refractivity contribution in [3.8, 4) is 11.1 Å². The number of benzene rings is 8. The number of hydrogen-bond acceptors (Lipinski definition) is 3. The molecule has 0 radical (unpaired) electrons. The molecule has 0 aliphatic rings. The smallest absolute Gasteiger partial charge is 0.0463 e. The van der Waals surface area contributed by atoms with Crippen molar-refractivity contribution in [1.82, 2.24) is 0 Å². The maximum Gasteiger partial charge on any atom is 0.0463 e. The molecule has 51 heavy (non-hydrogen) atoms. The number of nitrogens with zero attached hydrogens (tertiary/aromatic N) is 3. The molecular formula is C48H37N3. The lowest BCUT2D eigenvalue weighted by Crippen LogP contribution is -2.12. The summed E-state index contributed by atoms with van der Waals surface area (Å²) < 4.78 is 0. The van der Waals surface area contributed by atoms with Crippen LogP contribution in [-0.4, -0.2) is 0 Å². The van der Waals surface area contributed by atoms with Crippen LogP contribution in [-0.2, 0) is 0 Å². The highest BCUT2D eigenvalue weighted by atomic mass is 15.2. The number of para-hydroxylation sites is 5. The van der Waals surface area contributed by atoms with E-state index in [-0.39, 0.29) is 0 Å². The zero-order chi connectivity index (χ0) is 34.2. The second kappa shape index (κ2) is 14.7. The fraction of sp³-hybridized carbons (Fsp3) is 0. The van der Waals surface area contributed by atoms with Crippen LogP contribution in [0.1, 0.15) is 0 Å². The van der Waals surface area contributed by atoms with Crippen LogP contribution < -0.4 is 14.7 Å². The Kier molecular flexibility index (Phi) is 9.08. The third-order valence-electron chi connectivity index (χ3n) is 9.02. The first-order chi connectivity index (χ1) is 25.3. The number of anilines is 9. The van der Waals surface area contributed by atoms with Gasteiger partial charge in [0.1, 0.15) is 0 Å². The monoisotopic (exact) mass is 655 g/mol. The van der Waals surface area contributed by atoms with Crippen LogP contribution in [0.5, 0.6) is 0 Å². The van der Waals surface area contributed by atoms with Gasteiger partial charge in [-0.3, -0.25) is 0 Å². The lowest BCUT2D eigenvalue weighted by atomic mass is 10.0. The van der Waals surface area contributed by atoms with E-state index in [9.17, 15) is 0 Å². The molecule has 0 amide bonds. The largest absolute Gasteiger partial charge is 0.311 e. The third kappa shape index (κ3) is 6.87. The van der Waals surface area contributed by atoms with E-state index in [1.165, 1.54) is 11.1 Å². The molecule has 0 atom stereocenters. The summed E-state index contributed by atoms with van der Waals surface area (Å²) in [4.78, 5) is 6.88. The van der Waals surface area contributed by atoms with Crippen molar-refractivity contribution < 1.29 is 0 Å². The molecule has 0 fully saturated rings. The van der Waals surface area contributed by atoms with Gasteiger partial charge in [0.05, 0.1) is 0 Å². The highest BCUT2D eigenvalue weighted by Gasteiger charge is 2.16. The van der Waals surface area contributed by atoms with Crippen LogP contribution in [0, 0.1) is 0 Å². The van der Waals surface area contributed by atoms with Gasteiger partial charge in [0.25, 0.3) is 0 Å². The predicted octanol–water partition coefficient (Wildman–Crippen LogP) is 13.8. The van der Waals surface area contributed by atoms with Gasteiger partial charge in [-0.25, -0.2) is 0 Å². The van der Waals surface area contributed by atoms with E-state index in [0.29, 0.717) is 0 Å². The Hall–Kier alpha value is -6.84. The molecule has 0 N–H and O–H groups in total.